The van der Waals surface area contributed by atoms with Crippen molar-refractivity contribution in [2.24, 2.45) is 0 Å². The van der Waals surface area contributed by atoms with Gasteiger partial charge in [0.2, 0.25) is 0 Å². The maximum absolute atomic E-state index is 12.8. The molecule has 0 bridgehead atoms. The molecule has 0 aromatic heterocycles. The Morgan fingerprint density at radius 1 is 1.04 bits per heavy atom. The van der Waals surface area contributed by atoms with Crippen molar-refractivity contribution >= 4 is 0 Å². The van der Waals surface area contributed by atoms with E-state index in [1.165, 1.54) is 5.56 Å². The van der Waals surface area contributed by atoms with Crippen molar-refractivity contribution in [1.82, 2.24) is 9.80 Å². The first-order valence-corrected chi connectivity index (χ1v) is 8.71. The van der Waals surface area contributed by atoms with E-state index in [9.17, 15) is 13.2 Å². The van der Waals surface area contributed by atoms with Gasteiger partial charge in [-0.2, -0.15) is 13.2 Å². The van der Waals surface area contributed by atoms with Gasteiger partial charge in [0.15, 0.2) is 6.10 Å². The van der Waals surface area contributed by atoms with Crippen LogP contribution in [0, 0.1) is 0 Å². The van der Waals surface area contributed by atoms with Gasteiger partial charge < -0.3 is 9.64 Å². The summed E-state index contributed by atoms with van der Waals surface area (Å²) in [7, 11) is 0. The second-order valence-corrected chi connectivity index (χ2v) is 6.70. The average molecular weight is 342 g/mol. The topological polar surface area (TPSA) is 15.7 Å². The third-order valence-electron chi connectivity index (χ3n) is 5.10. The van der Waals surface area contributed by atoms with E-state index in [2.05, 4.69) is 29.2 Å². The minimum Gasteiger partial charge on any atom is -0.366 e. The van der Waals surface area contributed by atoms with E-state index in [4.69, 9.17) is 4.74 Å². The van der Waals surface area contributed by atoms with E-state index in [-0.39, 0.29) is 19.2 Å². The Balaban J connectivity index is 1.43. The van der Waals surface area contributed by atoms with Crippen LogP contribution in [0.5, 0.6) is 0 Å². The number of benzene rings is 1. The Kier molecular flexibility index (Phi) is 5.79. The van der Waals surface area contributed by atoms with Crippen LogP contribution in [0.3, 0.4) is 0 Å². The zero-order chi connectivity index (χ0) is 17.0. The van der Waals surface area contributed by atoms with Gasteiger partial charge in [0.25, 0.3) is 0 Å². The largest absolute Gasteiger partial charge is 0.415 e. The number of alkyl halides is 3. The molecule has 1 aromatic carbocycles. The lowest BCUT2D eigenvalue weighted by molar-refractivity contribution is -0.240. The highest BCUT2D eigenvalue weighted by atomic mass is 19.4. The Morgan fingerprint density at radius 2 is 1.75 bits per heavy atom. The SMILES string of the molecule is FC(F)(F)[C@@H]1CN(C2CCN(CCc3ccccc3)CC2)CCO1. The molecule has 6 heteroatoms. The molecule has 24 heavy (non-hydrogen) atoms. The van der Waals surface area contributed by atoms with E-state index >= 15 is 0 Å². The number of ether oxygens (including phenoxy) is 1. The van der Waals surface area contributed by atoms with Crippen LogP contribution < -0.4 is 0 Å². The first-order chi connectivity index (χ1) is 11.5. The summed E-state index contributed by atoms with van der Waals surface area (Å²) in [5.74, 6) is 0. The highest BCUT2D eigenvalue weighted by Crippen LogP contribution is 2.28. The zero-order valence-corrected chi connectivity index (χ0v) is 13.8. The molecule has 0 aliphatic carbocycles. The molecule has 1 atom stereocenters. The third-order valence-corrected chi connectivity index (χ3v) is 5.10. The van der Waals surface area contributed by atoms with Crippen molar-refractivity contribution in [2.75, 3.05) is 39.3 Å². The van der Waals surface area contributed by atoms with Crippen molar-refractivity contribution in [3.05, 3.63) is 35.9 Å². The first-order valence-electron chi connectivity index (χ1n) is 8.71. The molecule has 2 fully saturated rings. The summed E-state index contributed by atoms with van der Waals surface area (Å²) in [6.45, 7) is 3.72. The normalized spacial score (nSPS) is 25.0. The van der Waals surface area contributed by atoms with E-state index in [0.717, 1.165) is 38.9 Å². The quantitative estimate of drug-likeness (QED) is 0.837. The number of nitrogens with zero attached hydrogens (tertiary/aromatic N) is 2. The Hall–Kier alpha value is -1.11. The maximum atomic E-state index is 12.8. The van der Waals surface area contributed by atoms with Gasteiger partial charge in [-0.1, -0.05) is 30.3 Å². The molecule has 2 aliphatic heterocycles. The minimum absolute atomic E-state index is 0.0157. The van der Waals surface area contributed by atoms with E-state index in [1.54, 1.807) is 0 Å². The highest BCUT2D eigenvalue weighted by Gasteiger charge is 2.44. The predicted molar refractivity (Wildman–Crippen MR) is 87.0 cm³/mol. The molecular formula is C18H25F3N2O. The van der Waals surface area contributed by atoms with E-state index < -0.39 is 12.3 Å². The molecule has 0 spiro atoms. The van der Waals surface area contributed by atoms with Crippen molar-refractivity contribution < 1.29 is 17.9 Å². The van der Waals surface area contributed by atoms with Gasteiger partial charge in [0.05, 0.1) is 6.61 Å². The van der Waals surface area contributed by atoms with Crippen LogP contribution in [-0.4, -0.2) is 67.5 Å². The fourth-order valence-corrected chi connectivity index (χ4v) is 3.64. The summed E-state index contributed by atoms with van der Waals surface area (Å²) in [6, 6.07) is 10.7. The highest BCUT2D eigenvalue weighted by molar-refractivity contribution is 5.14. The lowest BCUT2D eigenvalue weighted by Crippen LogP contribution is -2.54. The number of piperidine rings is 1. The molecule has 2 heterocycles. The van der Waals surface area contributed by atoms with Crippen molar-refractivity contribution in [2.45, 2.75) is 37.6 Å². The zero-order valence-electron chi connectivity index (χ0n) is 13.8. The molecule has 0 N–H and O–H groups in total. The molecule has 0 saturated carbocycles. The van der Waals surface area contributed by atoms with E-state index in [0.29, 0.717) is 6.54 Å². The number of hydrogen-bond donors (Lipinski definition) is 0. The molecule has 134 valence electrons. The summed E-state index contributed by atoms with van der Waals surface area (Å²) < 4.78 is 43.4. The fourth-order valence-electron chi connectivity index (χ4n) is 3.64. The standard InChI is InChI=1S/C18H25F3N2O/c19-18(20,21)17-14-23(12-13-24-17)16-7-10-22(11-8-16)9-6-15-4-2-1-3-5-15/h1-5,16-17H,6-14H2/t17-/m0/s1. The molecule has 0 unspecified atom stereocenters. The van der Waals surface area contributed by atoms with Crippen LogP contribution in [0.4, 0.5) is 13.2 Å². The fraction of sp³-hybridized carbons (Fsp3) is 0.667. The molecule has 2 aliphatic rings. The average Bonchev–Trinajstić information content (AvgIpc) is 2.61. The number of halogens is 3. The Bertz CT molecular complexity index is 501. The van der Waals surface area contributed by atoms with Crippen LogP contribution in [0.25, 0.3) is 0 Å². The van der Waals surface area contributed by atoms with Crippen molar-refractivity contribution in [3.8, 4) is 0 Å². The van der Waals surface area contributed by atoms with Crippen LogP contribution in [0.2, 0.25) is 0 Å². The molecule has 3 rings (SSSR count). The molecule has 0 radical (unpaired) electrons. The lowest BCUT2D eigenvalue weighted by Gasteiger charge is -2.42. The van der Waals surface area contributed by atoms with Gasteiger partial charge in [-0.3, -0.25) is 4.90 Å². The van der Waals surface area contributed by atoms with Gasteiger partial charge in [0.1, 0.15) is 0 Å². The Morgan fingerprint density at radius 3 is 2.42 bits per heavy atom. The molecule has 0 amide bonds. The van der Waals surface area contributed by atoms with Gasteiger partial charge >= 0.3 is 6.18 Å². The monoisotopic (exact) mass is 342 g/mol. The summed E-state index contributed by atoms with van der Waals surface area (Å²) in [4.78, 5) is 4.40. The van der Waals surface area contributed by atoms with Crippen LogP contribution in [-0.2, 0) is 11.2 Å². The molecular weight excluding hydrogens is 317 g/mol. The Labute approximate surface area is 141 Å². The van der Waals surface area contributed by atoms with Crippen LogP contribution in [0.1, 0.15) is 18.4 Å². The summed E-state index contributed by atoms with van der Waals surface area (Å²) in [5.41, 5.74) is 1.33. The van der Waals surface area contributed by atoms with Gasteiger partial charge in [-0.25, -0.2) is 0 Å². The second-order valence-electron chi connectivity index (χ2n) is 6.70. The number of hydrogen-bond acceptors (Lipinski definition) is 3. The summed E-state index contributed by atoms with van der Waals surface area (Å²) in [6.07, 6.45) is -2.96. The molecule has 3 nitrogen and oxygen atoms in total. The predicted octanol–water partition coefficient (Wildman–Crippen LogP) is 2.96. The lowest BCUT2D eigenvalue weighted by atomic mass is 10.0. The van der Waals surface area contributed by atoms with E-state index in [1.807, 2.05) is 11.0 Å². The van der Waals surface area contributed by atoms with Crippen LogP contribution >= 0.6 is 0 Å². The minimum atomic E-state index is -4.25. The van der Waals surface area contributed by atoms with Crippen molar-refractivity contribution in [1.29, 1.82) is 0 Å². The van der Waals surface area contributed by atoms with Crippen molar-refractivity contribution in [3.63, 3.8) is 0 Å². The maximum Gasteiger partial charge on any atom is 0.415 e. The third kappa shape index (κ3) is 4.71. The number of likely N-dealkylation sites (tertiary alicyclic amines) is 1. The van der Waals surface area contributed by atoms with Crippen LogP contribution in [0.15, 0.2) is 30.3 Å². The number of rotatable bonds is 4. The number of morpholine rings is 1. The summed E-state index contributed by atoms with van der Waals surface area (Å²) >= 11 is 0. The van der Waals surface area contributed by atoms with Gasteiger partial charge in [-0.15, -0.1) is 0 Å². The first kappa shape index (κ1) is 17.7. The molecule has 2 saturated heterocycles. The van der Waals surface area contributed by atoms with Gasteiger partial charge in [0, 0.05) is 25.7 Å². The summed E-state index contributed by atoms with van der Waals surface area (Å²) in [5, 5.41) is 0. The van der Waals surface area contributed by atoms with Gasteiger partial charge in [-0.05, 0) is 37.9 Å². The smallest absolute Gasteiger partial charge is 0.366 e. The second kappa shape index (κ2) is 7.85. The molecule has 1 aromatic rings.